The van der Waals surface area contributed by atoms with Crippen molar-refractivity contribution in [2.45, 2.75) is 20.4 Å². The number of benzene rings is 1. The second-order valence-corrected chi connectivity index (χ2v) is 4.85. The van der Waals surface area contributed by atoms with Crippen LogP contribution in [0, 0.1) is 16.7 Å². The van der Waals surface area contributed by atoms with Crippen LogP contribution < -0.4 is 5.32 Å². The number of nitriles is 1. The summed E-state index contributed by atoms with van der Waals surface area (Å²) in [4.78, 5) is 0. The molecule has 88 valence electrons. The summed E-state index contributed by atoms with van der Waals surface area (Å²) >= 11 is 0. The number of hydrogen-bond donors (Lipinski definition) is 1. The lowest BCUT2D eigenvalue weighted by Gasteiger charge is -2.14. The molecule has 0 unspecified atom stereocenters. The van der Waals surface area contributed by atoms with Gasteiger partial charge in [-0.25, -0.2) is 0 Å². The minimum atomic E-state index is -0.341. The van der Waals surface area contributed by atoms with Crippen LogP contribution in [0.2, 0.25) is 0 Å². The van der Waals surface area contributed by atoms with E-state index in [0.717, 1.165) is 16.7 Å². The van der Waals surface area contributed by atoms with Crippen LogP contribution in [0.15, 0.2) is 34.7 Å². The quantitative estimate of drug-likeness (QED) is 0.874. The molecule has 1 aromatic carbocycles. The predicted octanol–water partition coefficient (Wildman–Crippen LogP) is 3.07. The molecule has 17 heavy (non-hydrogen) atoms. The van der Waals surface area contributed by atoms with E-state index < -0.39 is 0 Å². The second-order valence-electron chi connectivity index (χ2n) is 4.85. The minimum absolute atomic E-state index is 0.341. The molecule has 0 fully saturated rings. The first-order valence-electron chi connectivity index (χ1n) is 5.70. The van der Waals surface area contributed by atoms with Crippen molar-refractivity contribution in [3.63, 3.8) is 0 Å². The van der Waals surface area contributed by atoms with E-state index in [4.69, 9.17) is 9.68 Å². The summed E-state index contributed by atoms with van der Waals surface area (Å²) in [6.07, 6.45) is 0. The molecule has 1 aromatic heterocycles. The molecule has 2 aromatic rings. The van der Waals surface area contributed by atoms with Gasteiger partial charge in [0.25, 0.3) is 0 Å². The Morgan fingerprint density at radius 3 is 2.82 bits per heavy atom. The maximum atomic E-state index is 8.89. The van der Waals surface area contributed by atoms with Gasteiger partial charge in [-0.2, -0.15) is 5.26 Å². The summed E-state index contributed by atoms with van der Waals surface area (Å²) in [6.45, 7) is 5.14. The average Bonchev–Trinajstić information content (AvgIpc) is 2.71. The van der Waals surface area contributed by atoms with Crippen molar-refractivity contribution in [3.05, 3.63) is 36.1 Å². The lowest BCUT2D eigenvalue weighted by molar-refractivity contribution is 0.424. The number of nitrogens with zero attached hydrogens (tertiary/aromatic N) is 1. The molecule has 0 atom stereocenters. The molecule has 0 aliphatic carbocycles. The summed E-state index contributed by atoms with van der Waals surface area (Å²) in [6, 6.07) is 12.2. The molecular formula is C14H16N2O. The molecule has 1 heterocycles. The fraction of sp³-hybridized carbons (Fsp3) is 0.357. The Morgan fingerprint density at radius 2 is 2.12 bits per heavy atom. The van der Waals surface area contributed by atoms with E-state index in [0.29, 0.717) is 13.1 Å². The van der Waals surface area contributed by atoms with Gasteiger partial charge < -0.3 is 9.73 Å². The van der Waals surface area contributed by atoms with Gasteiger partial charge in [0.2, 0.25) is 0 Å². The number of furan rings is 1. The van der Waals surface area contributed by atoms with E-state index in [-0.39, 0.29) is 5.41 Å². The average molecular weight is 228 g/mol. The van der Waals surface area contributed by atoms with Crippen LogP contribution in [-0.2, 0) is 6.54 Å². The highest BCUT2D eigenvalue weighted by atomic mass is 16.3. The van der Waals surface area contributed by atoms with Gasteiger partial charge in [0.1, 0.15) is 11.3 Å². The molecule has 0 aliphatic heterocycles. The number of fused-ring (bicyclic) bond motifs is 1. The highest BCUT2D eigenvalue weighted by Gasteiger charge is 2.15. The molecule has 3 heteroatoms. The summed E-state index contributed by atoms with van der Waals surface area (Å²) in [5.41, 5.74) is 0.565. The van der Waals surface area contributed by atoms with Crippen molar-refractivity contribution in [3.8, 4) is 6.07 Å². The first kappa shape index (κ1) is 11.7. The molecule has 0 bridgehead atoms. The van der Waals surface area contributed by atoms with Gasteiger partial charge in [-0.3, -0.25) is 0 Å². The molecule has 1 N–H and O–H groups in total. The Kier molecular flexibility index (Phi) is 3.16. The Hall–Kier alpha value is -1.79. The van der Waals surface area contributed by atoms with Gasteiger partial charge in [0, 0.05) is 11.9 Å². The van der Waals surface area contributed by atoms with Crippen LogP contribution in [-0.4, -0.2) is 6.54 Å². The van der Waals surface area contributed by atoms with Crippen molar-refractivity contribution in [1.29, 1.82) is 5.26 Å². The van der Waals surface area contributed by atoms with Gasteiger partial charge in [-0.05, 0) is 26.0 Å². The van der Waals surface area contributed by atoms with Gasteiger partial charge in [0.15, 0.2) is 0 Å². The predicted molar refractivity (Wildman–Crippen MR) is 67.3 cm³/mol. The standard InChI is InChI=1S/C14H16N2O/c1-14(2,9-15)10-16-8-12-7-11-5-3-4-6-13(11)17-12/h3-7,16H,8,10H2,1-2H3. The summed E-state index contributed by atoms with van der Waals surface area (Å²) in [7, 11) is 0. The molecule has 3 nitrogen and oxygen atoms in total. The minimum Gasteiger partial charge on any atom is -0.460 e. The van der Waals surface area contributed by atoms with Crippen LogP contribution in [0.4, 0.5) is 0 Å². The topological polar surface area (TPSA) is 49.0 Å². The van der Waals surface area contributed by atoms with Gasteiger partial charge >= 0.3 is 0 Å². The SMILES string of the molecule is CC(C)(C#N)CNCc1cc2ccccc2o1. The van der Waals surface area contributed by atoms with Gasteiger partial charge in [0.05, 0.1) is 18.0 Å². The normalized spacial score (nSPS) is 11.6. The Labute approximate surface area is 101 Å². The van der Waals surface area contributed by atoms with Crippen molar-refractivity contribution in [1.82, 2.24) is 5.32 Å². The van der Waals surface area contributed by atoms with E-state index in [1.54, 1.807) is 0 Å². The fourth-order valence-corrected chi connectivity index (χ4v) is 1.66. The highest BCUT2D eigenvalue weighted by Crippen LogP contribution is 2.19. The number of hydrogen-bond acceptors (Lipinski definition) is 3. The Bertz CT molecular complexity index is 516. The fourth-order valence-electron chi connectivity index (χ4n) is 1.66. The summed E-state index contributed by atoms with van der Waals surface area (Å²) in [5.74, 6) is 0.903. The van der Waals surface area contributed by atoms with Crippen molar-refractivity contribution in [2.24, 2.45) is 5.41 Å². The molecule has 0 aliphatic rings. The monoisotopic (exact) mass is 228 g/mol. The first-order chi connectivity index (χ1) is 8.11. The highest BCUT2D eigenvalue weighted by molar-refractivity contribution is 5.77. The maximum Gasteiger partial charge on any atom is 0.134 e. The van der Waals surface area contributed by atoms with Crippen LogP contribution in [0.25, 0.3) is 11.0 Å². The van der Waals surface area contributed by atoms with Crippen LogP contribution in [0.5, 0.6) is 0 Å². The molecule has 0 spiro atoms. The molecule has 0 amide bonds. The number of nitrogens with one attached hydrogen (secondary N) is 1. The third kappa shape index (κ3) is 2.86. The van der Waals surface area contributed by atoms with E-state index in [1.807, 2.05) is 44.2 Å². The lowest BCUT2D eigenvalue weighted by atomic mass is 9.96. The second kappa shape index (κ2) is 4.60. The number of rotatable bonds is 4. The summed E-state index contributed by atoms with van der Waals surface area (Å²) < 4.78 is 5.67. The van der Waals surface area contributed by atoms with Crippen molar-refractivity contribution in [2.75, 3.05) is 6.54 Å². The molecule has 0 radical (unpaired) electrons. The Balaban J connectivity index is 1.98. The maximum absolute atomic E-state index is 8.89. The van der Waals surface area contributed by atoms with E-state index in [2.05, 4.69) is 11.4 Å². The van der Waals surface area contributed by atoms with Gasteiger partial charge in [-0.15, -0.1) is 0 Å². The zero-order valence-electron chi connectivity index (χ0n) is 10.2. The zero-order chi connectivity index (χ0) is 12.3. The molecule has 0 saturated heterocycles. The van der Waals surface area contributed by atoms with Crippen LogP contribution in [0.1, 0.15) is 19.6 Å². The van der Waals surface area contributed by atoms with Gasteiger partial charge in [-0.1, -0.05) is 18.2 Å². The smallest absolute Gasteiger partial charge is 0.134 e. The third-order valence-electron chi connectivity index (χ3n) is 2.65. The largest absolute Gasteiger partial charge is 0.460 e. The summed E-state index contributed by atoms with van der Waals surface area (Å²) in [5, 5.41) is 13.2. The number of para-hydroxylation sites is 1. The Morgan fingerprint density at radius 1 is 1.35 bits per heavy atom. The first-order valence-corrected chi connectivity index (χ1v) is 5.70. The van der Waals surface area contributed by atoms with Crippen LogP contribution >= 0.6 is 0 Å². The molecule has 2 rings (SSSR count). The molecule has 0 saturated carbocycles. The zero-order valence-corrected chi connectivity index (χ0v) is 10.2. The lowest BCUT2D eigenvalue weighted by Crippen LogP contribution is -2.27. The van der Waals surface area contributed by atoms with E-state index in [9.17, 15) is 0 Å². The van der Waals surface area contributed by atoms with Crippen LogP contribution in [0.3, 0.4) is 0 Å². The molecular weight excluding hydrogens is 212 g/mol. The van der Waals surface area contributed by atoms with Crippen molar-refractivity contribution < 1.29 is 4.42 Å². The van der Waals surface area contributed by atoms with E-state index in [1.165, 1.54) is 0 Å². The van der Waals surface area contributed by atoms with Crippen molar-refractivity contribution >= 4 is 11.0 Å². The van der Waals surface area contributed by atoms with E-state index >= 15 is 0 Å². The third-order valence-corrected chi connectivity index (χ3v) is 2.65.